The van der Waals surface area contributed by atoms with Crippen LogP contribution in [0.5, 0.6) is 0 Å². The molecule has 94 valence electrons. The van der Waals surface area contributed by atoms with Gasteiger partial charge in [-0.2, -0.15) is 0 Å². The molecule has 1 saturated heterocycles. The molecular formula is C11H17N3O2S. The van der Waals surface area contributed by atoms with E-state index in [0.717, 1.165) is 24.9 Å². The fraction of sp³-hybridized carbons (Fsp3) is 0.545. The first kappa shape index (κ1) is 12.5. The Morgan fingerprint density at radius 1 is 1.41 bits per heavy atom. The van der Waals surface area contributed by atoms with Crippen LogP contribution in [-0.2, 0) is 16.6 Å². The van der Waals surface area contributed by atoms with Gasteiger partial charge in [-0.3, -0.25) is 4.98 Å². The lowest BCUT2D eigenvalue weighted by Gasteiger charge is -2.23. The van der Waals surface area contributed by atoms with E-state index in [-0.39, 0.29) is 5.25 Å². The van der Waals surface area contributed by atoms with E-state index in [9.17, 15) is 8.42 Å². The zero-order valence-corrected chi connectivity index (χ0v) is 10.4. The number of rotatable bonds is 4. The molecule has 0 aromatic carbocycles. The molecule has 0 aliphatic carbocycles. The fourth-order valence-electron chi connectivity index (χ4n) is 1.89. The fourth-order valence-corrected chi connectivity index (χ4v) is 3.30. The number of piperidine rings is 1. The summed E-state index contributed by atoms with van der Waals surface area (Å²) in [6.45, 7) is 1.80. The first-order valence-corrected chi connectivity index (χ1v) is 7.31. The largest absolute Gasteiger partial charge is 0.315 e. The zero-order valence-electron chi connectivity index (χ0n) is 9.59. The van der Waals surface area contributed by atoms with E-state index in [4.69, 9.17) is 0 Å². The molecule has 2 N–H and O–H groups in total. The van der Waals surface area contributed by atoms with Crippen LogP contribution in [0.1, 0.15) is 18.4 Å². The highest BCUT2D eigenvalue weighted by molar-refractivity contribution is 7.90. The minimum Gasteiger partial charge on any atom is -0.315 e. The van der Waals surface area contributed by atoms with Crippen LogP contribution < -0.4 is 10.0 Å². The summed E-state index contributed by atoms with van der Waals surface area (Å²) in [5.74, 6) is 0. The van der Waals surface area contributed by atoms with Crippen molar-refractivity contribution in [2.45, 2.75) is 24.6 Å². The van der Waals surface area contributed by atoms with E-state index in [1.807, 2.05) is 12.1 Å². The van der Waals surface area contributed by atoms with Crippen LogP contribution in [0.4, 0.5) is 0 Å². The molecule has 0 radical (unpaired) electrons. The van der Waals surface area contributed by atoms with Gasteiger partial charge in [0.05, 0.1) is 5.25 Å². The van der Waals surface area contributed by atoms with E-state index in [0.29, 0.717) is 13.1 Å². The van der Waals surface area contributed by atoms with Gasteiger partial charge in [-0.1, -0.05) is 0 Å². The first-order valence-electron chi connectivity index (χ1n) is 5.76. The Balaban J connectivity index is 1.93. The first-order chi connectivity index (χ1) is 8.18. The molecule has 5 nitrogen and oxygen atoms in total. The summed E-state index contributed by atoms with van der Waals surface area (Å²) < 4.78 is 26.6. The molecule has 1 aromatic heterocycles. The molecule has 0 saturated carbocycles. The van der Waals surface area contributed by atoms with Crippen LogP contribution in [0.25, 0.3) is 0 Å². The van der Waals surface area contributed by atoms with Crippen molar-refractivity contribution in [2.75, 3.05) is 13.1 Å². The lowest BCUT2D eigenvalue weighted by Crippen LogP contribution is -2.44. The average molecular weight is 255 g/mol. The third-order valence-electron chi connectivity index (χ3n) is 2.92. The maximum Gasteiger partial charge on any atom is 0.216 e. The molecular weight excluding hydrogens is 238 g/mol. The summed E-state index contributed by atoms with van der Waals surface area (Å²) in [5, 5.41) is 2.80. The Labute approximate surface area is 102 Å². The van der Waals surface area contributed by atoms with Gasteiger partial charge in [0, 0.05) is 25.5 Å². The highest BCUT2D eigenvalue weighted by atomic mass is 32.2. The van der Waals surface area contributed by atoms with Crippen molar-refractivity contribution in [3.8, 4) is 0 Å². The van der Waals surface area contributed by atoms with Crippen LogP contribution in [0.3, 0.4) is 0 Å². The standard InChI is InChI=1S/C11H17N3O2S/c15-17(16,11-2-1-5-13-9-11)14-8-10-3-6-12-7-4-10/h3-4,6-7,11,13-14H,1-2,5,8-9H2. The molecule has 2 rings (SSSR count). The van der Waals surface area contributed by atoms with E-state index in [1.54, 1.807) is 12.4 Å². The summed E-state index contributed by atoms with van der Waals surface area (Å²) in [6.07, 6.45) is 4.97. The predicted molar refractivity (Wildman–Crippen MR) is 65.9 cm³/mol. The number of hydrogen-bond acceptors (Lipinski definition) is 4. The molecule has 1 aliphatic heterocycles. The van der Waals surface area contributed by atoms with Crippen molar-refractivity contribution < 1.29 is 8.42 Å². The zero-order chi connectivity index (χ0) is 12.1. The number of sulfonamides is 1. The maximum absolute atomic E-state index is 12.0. The molecule has 0 spiro atoms. The minimum atomic E-state index is -3.21. The highest BCUT2D eigenvalue weighted by Gasteiger charge is 2.26. The molecule has 17 heavy (non-hydrogen) atoms. The van der Waals surface area contributed by atoms with Crippen LogP contribution in [0, 0.1) is 0 Å². The average Bonchev–Trinajstić information content (AvgIpc) is 2.39. The number of nitrogens with one attached hydrogen (secondary N) is 2. The van der Waals surface area contributed by atoms with Crippen LogP contribution in [0.2, 0.25) is 0 Å². The van der Waals surface area contributed by atoms with E-state index in [2.05, 4.69) is 15.0 Å². The lowest BCUT2D eigenvalue weighted by atomic mass is 10.2. The monoisotopic (exact) mass is 255 g/mol. The van der Waals surface area contributed by atoms with Gasteiger partial charge in [-0.15, -0.1) is 0 Å². The molecule has 1 fully saturated rings. The van der Waals surface area contributed by atoms with Gasteiger partial charge in [-0.25, -0.2) is 13.1 Å². The third-order valence-corrected chi connectivity index (χ3v) is 4.74. The molecule has 1 atom stereocenters. The van der Waals surface area contributed by atoms with Gasteiger partial charge in [-0.05, 0) is 37.1 Å². The Hall–Kier alpha value is -0.980. The van der Waals surface area contributed by atoms with Gasteiger partial charge >= 0.3 is 0 Å². The number of aromatic nitrogens is 1. The smallest absolute Gasteiger partial charge is 0.216 e. The van der Waals surface area contributed by atoms with Crippen molar-refractivity contribution in [2.24, 2.45) is 0 Å². The Morgan fingerprint density at radius 2 is 2.18 bits per heavy atom. The second-order valence-electron chi connectivity index (χ2n) is 4.19. The Bertz CT molecular complexity index is 441. The van der Waals surface area contributed by atoms with Gasteiger partial charge in [0.2, 0.25) is 10.0 Å². The summed E-state index contributed by atoms with van der Waals surface area (Å²) in [5.41, 5.74) is 0.923. The van der Waals surface area contributed by atoms with Gasteiger partial charge in [0.1, 0.15) is 0 Å². The molecule has 1 aliphatic rings. The number of hydrogen-bond donors (Lipinski definition) is 2. The minimum absolute atomic E-state index is 0.307. The summed E-state index contributed by atoms with van der Waals surface area (Å²) >= 11 is 0. The van der Waals surface area contributed by atoms with E-state index in [1.165, 1.54) is 0 Å². The topological polar surface area (TPSA) is 71.1 Å². The molecule has 6 heteroatoms. The van der Waals surface area contributed by atoms with Crippen molar-refractivity contribution in [3.63, 3.8) is 0 Å². The molecule has 1 aromatic rings. The third kappa shape index (κ3) is 3.49. The quantitative estimate of drug-likeness (QED) is 0.809. The second kappa shape index (κ2) is 5.57. The SMILES string of the molecule is O=S(=O)(NCc1ccncc1)C1CCCNC1. The van der Waals surface area contributed by atoms with Gasteiger partial charge in [0.15, 0.2) is 0 Å². The van der Waals surface area contributed by atoms with Crippen molar-refractivity contribution in [1.82, 2.24) is 15.0 Å². The number of pyridine rings is 1. The Morgan fingerprint density at radius 3 is 2.82 bits per heavy atom. The normalized spacial score (nSPS) is 21.3. The van der Waals surface area contributed by atoms with Crippen LogP contribution in [0.15, 0.2) is 24.5 Å². The molecule has 0 amide bonds. The van der Waals surface area contributed by atoms with Crippen molar-refractivity contribution in [3.05, 3.63) is 30.1 Å². The van der Waals surface area contributed by atoms with Crippen molar-refractivity contribution >= 4 is 10.0 Å². The second-order valence-corrected chi connectivity index (χ2v) is 6.24. The predicted octanol–water partition coefficient (Wildman–Crippen LogP) is 0.253. The molecule has 1 unspecified atom stereocenters. The van der Waals surface area contributed by atoms with Crippen LogP contribution >= 0.6 is 0 Å². The van der Waals surface area contributed by atoms with Gasteiger partial charge < -0.3 is 5.32 Å². The maximum atomic E-state index is 12.0. The van der Waals surface area contributed by atoms with Crippen molar-refractivity contribution in [1.29, 1.82) is 0 Å². The summed E-state index contributed by atoms with van der Waals surface area (Å²) in [7, 11) is -3.21. The molecule has 0 bridgehead atoms. The Kier molecular flexibility index (Phi) is 4.09. The number of nitrogens with zero attached hydrogens (tertiary/aromatic N) is 1. The lowest BCUT2D eigenvalue weighted by molar-refractivity contribution is 0.490. The van der Waals surface area contributed by atoms with E-state index < -0.39 is 10.0 Å². The molecule has 2 heterocycles. The highest BCUT2D eigenvalue weighted by Crippen LogP contribution is 2.11. The summed E-state index contributed by atoms with van der Waals surface area (Å²) in [4.78, 5) is 3.89. The van der Waals surface area contributed by atoms with E-state index >= 15 is 0 Å². The van der Waals surface area contributed by atoms with Crippen LogP contribution in [-0.4, -0.2) is 31.7 Å². The van der Waals surface area contributed by atoms with Gasteiger partial charge in [0.25, 0.3) is 0 Å². The summed E-state index contributed by atoms with van der Waals surface area (Å²) in [6, 6.07) is 3.61.